The predicted molar refractivity (Wildman–Crippen MR) is 77.3 cm³/mol. The molecule has 1 aromatic rings. The highest BCUT2D eigenvalue weighted by Gasteiger charge is 2.39. The number of likely N-dealkylation sites (tertiary alicyclic amines) is 1. The Kier molecular flexibility index (Phi) is 4.48. The van der Waals surface area contributed by atoms with Crippen molar-refractivity contribution in [2.75, 3.05) is 13.1 Å². The minimum Gasteiger partial charge on any atom is -0.481 e. The first-order chi connectivity index (χ1) is 9.45. The van der Waals surface area contributed by atoms with E-state index in [0.29, 0.717) is 0 Å². The van der Waals surface area contributed by atoms with Crippen LogP contribution in [0.1, 0.15) is 39.3 Å². The van der Waals surface area contributed by atoms with Crippen LogP contribution in [0.15, 0.2) is 12.5 Å². The van der Waals surface area contributed by atoms with Gasteiger partial charge in [-0.3, -0.25) is 9.69 Å². The van der Waals surface area contributed by atoms with E-state index in [4.69, 9.17) is 0 Å². The van der Waals surface area contributed by atoms with Crippen molar-refractivity contribution in [3.05, 3.63) is 18.2 Å². The minimum absolute atomic E-state index is 0.215. The van der Waals surface area contributed by atoms with E-state index in [-0.39, 0.29) is 5.92 Å². The predicted octanol–water partition coefficient (Wildman–Crippen LogP) is 2.23. The quantitative estimate of drug-likeness (QED) is 0.898. The van der Waals surface area contributed by atoms with Gasteiger partial charge in [-0.25, -0.2) is 4.98 Å². The number of piperidine rings is 1. The Morgan fingerprint density at radius 1 is 1.55 bits per heavy atom. The first-order valence-electron chi connectivity index (χ1n) is 7.40. The topological polar surface area (TPSA) is 58.4 Å². The average molecular weight is 279 g/mol. The van der Waals surface area contributed by atoms with Crippen molar-refractivity contribution in [3.63, 3.8) is 0 Å². The fraction of sp³-hybridized carbons (Fsp3) is 0.733. The fourth-order valence-electron chi connectivity index (χ4n) is 2.96. The van der Waals surface area contributed by atoms with Crippen molar-refractivity contribution >= 4 is 5.97 Å². The van der Waals surface area contributed by atoms with E-state index in [1.807, 2.05) is 26.4 Å². The summed E-state index contributed by atoms with van der Waals surface area (Å²) in [5.41, 5.74) is 0.560. The molecule has 1 aliphatic heterocycles. The smallest absolute Gasteiger partial charge is 0.309 e. The van der Waals surface area contributed by atoms with Crippen LogP contribution in [-0.2, 0) is 17.9 Å². The van der Waals surface area contributed by atoms with Gasteiger partial charge >= 0.3 is 5.97 Å². The summed E-state index contributed by atoms with van der Waals surface area (Å²) in [5.74, 6) is -0.477. The third-order valence-corrected chi connectivity index (χ3v) is 4.60. The molecule has 0 radical (unpaired) electrons. The highest BCUT2D eigenvalue weighted by Crippen LogP contribution is 2.34. The normalized spacial score (nSPS) is 21.1. The van der Waals surface area contributed by atoms with E-state index >= 15 is 0 Å². The Morgan fingerprint density at radius 3 is 2.95 bits per heavy atom. The second-order valence-electron chi connectivity index (χ2n) is 6.27. The van der Waals surface area contributed by atoms with E-state index < -0.39 is 11.4 Å². The third-order valence-electron chi connectivity index (χ3n) is 4.60. The molecule has 0 aliphatic carbocycles. The van der Waals surface area contributed by atoms with Crippen molar-refractivity contribution in [1.29, 1.82) is 0 Å². The number of aryl methyl sites for hydroxylation is 1. The molecular weight excluding hydrogens is 254 g/mol. The SMILES string of the molecule is CCn1cncc1CN1CCCC(C(C)(C)C(=O)O)C1. The third kappa shape index (κ3) is 3.03. The van der Waals surface area contributed by atoms with Crippen LogP contribution in [0.3, 0.4) is 0 Å². The van der Waals surface area contributed by atoms with Crippen molar-refractivity contribution in [2.45, 2.75) is 46.7 Å². The van der Waals surface area contributed by atoms with Crippen molar-refractivity contribution in [3.8, 4) is 0 Å². The van der Waals surface area contributed by atoms with Crippen molar-refractivity contribution < 1.29 is 9.90 Å². The Labute approximate surface area is 120 Å². The molecule has 0 aromatic carbocycles. The summed E-state index contributed by atoms with van der Waals surface area (Å²) in [7, 11) is 0. The zero-order valence-corrected chi connectivity index (χ0v) is 12.7. The highest BCUT2D eigenvalue weighted by atomic mass is 16.4. The zero-order chi connectivity index (χ0) is 14.8. The summed E-state index contributed by atoms with van der Waals surface area (Å²) in [5, 5.41) is 9.39. The van der Waals surface area contributed by atoms with Gasteiger partial charge in [0.05, 0.1) is 17.4 Å². The van der Waals surface area contributed by atoms with Crippen LogP contribution in [-0.4, -0.2) is 38.6 Å². The number of carboxylic acids is 1. The van der Waals surface area contributed by atoms with Gasteiger partial charge in [-0.15, -0.1) is 0 Å². The molecule has 5 heteroatoms. The molecule has 1 unspecified atom stereocenters. The van der Waals surface area contributed by atoms with Crippen LogP contribution in [0.5, 0.6) is 0 Å². The van der Waals surface area contributed by atoms with Crippen LogP contribution in [0.25, 0.3) is 0 Å². The zero-order valence-electron chi connectivity index (χ0n) is 12.7. The molecule has 2 rings (SSSR count). The van der Waals surface area contributed by atoms with Gasteiger partial charge in [0.2, 0.25) is 0 Å². The summed E-state index contributed by atoms with van der Waals surface area (Å²) in [6.45, 7) is 9.49. The molecule has 0 amide bonds. The lowest BCUT2D eigenvalue weighted by Gasteiger charge is -2.39. The van der Waals surface area contributed by atoms with Gasteiger partial charge in [0.15, 0.2) is 0 Å². The van der Waals surface area contributed by atoms with Crippen molar-refractivity contribution in [2.24, 2.45) is 11.3 Å². The Hall–Kier alpha value is -1.36. The molecule has 1 saturated heterocycles. The molecule has 0 spiro atoms. The second-order valence-corrected chi connectivity index (χ2v) is 6.27. The number of imidazole rings is 1. The van der Waals surface area contributed by atoms with E-state index in [2.05, 4.69) is 21.4 Å². The molecule has 1 aliphatic rings. The molecular formula is C15H25N3O2. The standard InChI is InChI=1S/C15H25N3O2/c1-4-18-11-16-8-13(18)10-17-7-5-6-12(9-17)15(2,3)14(19)20/h8,11-12H,4-7,9-10H2,1-3H3,(H,19,20). The van der Waals surface area contributed by atoms with Gasteiger partial charge in [-0.1, -0.05) is 0 Å². The summed E-state index contributed by atoms with van der Waals surface area (Å²) >= 11 is 0. The first kappa shape index (κ1) is 15.0. The van der Waals surface area contributed by atoms with Gasteiger partial charge in [0.1, 0.15) is 0 Å². The molecule has 1 fully saturated rings. The summed E-state index contributed by atoms with van der Waals surface area (Å²) in [6.07, 6.45) is 5.85. The molecule has 20 heavy (non-hydrogen) atoms. The number of carboxylic acid groups (broad SMARTS) is 1. The maximum atomic E-state index is 11.4. The van der Waals surface area contributed by atoms with Gasteiger partial charge in [0.25, 0.3) is 0 Å². The van der Waals surface area contributed by atoms with Crippen LogP contribution >= 0.6 is 0 Å². The van der Waals surface area contributed by atoms with Gasteiger partial charge in [-0.2, -0.15) is 0 Å². The monoisotopic (exact) mass is 279 g/mol. The largest absolute Gasteiger partial charge is 0.481 e. The molecule has 1 N–H and O–H groups in total. The van der Waals surface area contributed by atoms with Crippen LogP contribution in [0, 0.1) is 11.3 Å². The second kappa shape index (κ2) is 5.95. The Bertz CT molecular complexity index is 467. The molecule has 1 atom stereocenters. The van der Waals surface area contributed by atoms with Gasteiger partial charge < -0.3 is 9.67 Å². The van der Waals surface area contributed by atoms with Crippen LogP contribution in [0.4, 0.5) is 0 Å². The number of hydrogen-bond acceptors (Lipinski definition) is 3. The number of hydrogen-bond donors (Lipinski definition) is 1. The molecule has 112 valence electrons. The first-order valence-corrected chi connectivity index (χ1v) is 7.40. The summed E-state index contributed by atoms with van der Waals surface area (Å²) in [6, 6.07) is 0. The molecule has 1 aromatic heterocycles. The van der Waals surface area contributed by atoms with Crippen LogP contribution < -0.4 is 0 Å². The van der Waals surface area contributed by atoms with Crippen LogP contribution in [0.2, 0.25) is 0 Å². The minimum atomic E-state index is -0.692. The lowest BCUT2D eigenvalue weighted by Crippen LogP contribution is -2.44. The maximum absolute atomic E-state index is 11.4. The lowest BCUT2D eigenvalue weighted by atomic mass is 9.74. The maximum Gasteiger partial charge on any atom is 0.309 e. The van der Waals surface area contributed by atoms with Gasteiger partial charge in [-0.05, 0) is 46.1 Å². The Balaban J connectivity index is 2.02. The van der Waals surface area contributed by atoms with Crippen molar-refractivity contribution in [1.82, 2.24) is 14.5 Å². The number of carbonyl (C=O) groups is 1. The van der Waals surface area contributed by atoms with E-state index in [1.54, 1.807) is 0 Å². The summed E-state index contributed by atoms with van der Waals surface area (Å²) < 4.78 is 2.14. The van der Waals surface area contributed by atoms with Gasteiger partial charge in [0, 0.05) is 25.8 Å². The Morgan fingerprint density at radius 2 is 2.30 bits per heavy atom. The average Bonchev–Trinajstić information content (AvgIpc) is 2.86. The number of rotatable bonds is 5. The highest BCUT2D eigenvalue weighted by molar-refractivity contribution is 5.74. The number of aliphatic carboxylic acids is 1. The number of aromatic nitrogens is 2. The molecule has 0 saturated carbocycles. The number of nitrogens with zero attached hydrogens (tertiary/aromatic N) is 3. The molecule has 0 bridgehead atoms. The lowest BCUT2D eigenvalue weighted by molar-refractivity contribution is -0.151. The summed E-state index contributed by atoms with van der Waals surface area (Å²) in [4.78, 5) is 18.0. The van der Waals surface area contributed by atoms with E-state index in [0.717, 1.165) is 39.0 Å². The molecule has 2 heterocycles. The fourth-order valence-corrected chi connectivity index (χ4v) is 2.96. The van der Waals surface area contributed by atoms with E-state index in [1.165, 1.54) is 5.69 Å². The van der Waals surface area contributed by atoms with E-state index in [9.17, 15) is 9.90 Å². The molecule has 5 nitrogen and oxygen atoms in total.